The fraction of sp³-hybridized carbons (Fsp3) is 0.562. The SMILES string of the molecule is Cc1cc2c(o1)CC(C)(C)CC2NCc1scnc1C. The minimum Gasteiger partial charge on any atom is -0.466 e. The molecular formula is C16H22N2OS. The smallest absolute Gasteiger partial charge is 0.109 e. The largest absolute Gasteiger partial charge is 0.466 e. The number of hydrogen-bond acceptors (Lipinski definition) is 4. The molecule has 0 fully saturated rings. The predicted octanol–water partition coefficient (Wildman–Crippen LogP) is 4.16. The van der Waals surface area contributed by atoms with Crippen molar-refractivity contribution < 1.29 is 4.42 Å². The van der Waals surface area contributed by atoms with Crippen LogP contribution in [0.2, 0.25) is 0 Å². The molecule has 2 heterocycles. The number of thiazole rings is 1. The molecular weight excluding hydrogens is 268 g/mol. The minimum atomic E-state index is 0.289. The number of nitrogens with zero attached hydrogens (tertiary/aromatic N) is 1. The zero-order valence-electron chi connectivity index (χ0n) is 12.6. The van der Waals surface area contributed by atoms with E-state index >= 15 is 0 Å². The van der Waals surface area contributed by atoms with Crippen molar-refractivity contribution in [1.29, 1.82) is 0 Å². The summed E-state index contributed by atoms with van der Waals surface area (Å²) in [6.07, 6.45) is 2.19. The molecule has 108 valence electrons. The van der Waals surface area contributed by atoms with Crippen molar-refractivity contribution in [3.05, 3.63) is 39.2 Å². The second-order valence-corrected chi connectivity index (χ2v) is 7.51. The first-order chi connectivity index (χ1) is 9.44. The number of aromatic nitrogens is 1. The van der Waals surface area contributed by atoms with Gasteiger partial charge in [-0.15, -0.1) is 11.3 Å². The Labute approximate surface area is 124 Å². The average molecular weight is 290 g/mol. The van der Waals surface area contributed by atoms with Crippen LogP contribution in [0.5, 0.6) is 0 Å². The summed E-state index contributed by atoms with van der Waals surface area (Å²) in [5, 5.41) is 3.70. The Morgan fingerprint density at radius 3 is 2.95 bits per heavy atom. The zero-order valence-corrected chi connectivity index (χ0v) is 13.4. The Hall–Kier alpha value is -1.13. The third kappa shape index (κ3) is 2.67. The molecule has 0 radical (unpaired) electrons. The lowest BCUT2D eigenvalue weighted by atomic mass is 9.75. The lowest BCUT2D eigenvalue weighted by Gasteiger charge is -2.34. The Balaban J connectivity index is 1.80. The molecule has 4 heteroatoms. The number of furan rings is 1. The highest BCUT2D eigenvalue weighted by atomic mass is 32.1. The molecule has 0 aliphatic heterocycles. The Bertz CT molecular complexity index is 612. The molecule has 0 spiro atoms. The summed E-state index contributed by atoms with van der Waals surface area (Å²) in [5.74, 6) is 2.19. The lowest BCUT2D eigenvalue weighted by Crippen LogP contribution is -2.32. The van der Waals surface area contributed by atoms with Crippen LogP contribution >= 0.6 is 11.3 Å². The van der Waals surface area contributed by atoms with Crippen molar-refractivity contribution >= 4 is 11.3 Å². The summed E-state index contributed by atoms with van der Waals surface area (Å²) in [5.41, 5.74) is 4.70. The van der Waals surface area contributed by atoms with Gasteiger partial charge in [-0.1, -0.05) is 13.8 Å². The molecule has 20 heavy (non-hydrogen) atoms. The van der Waals surface area contributed by atoms with E-state index in [2.05, 4.69) is 37.1 Å². The maximum atomic E-state index is 5.88. The van der Waals surface area contributed by atoms with Gasteiger partial charge < -0.3 is 9.73 Å². The van der Waals surface area contributed by atoms with Crippen molar-refractivity contribution in [2.24, 2.45) is 5.41 Å². The van der Waals surface area contributed by atoms with Crippen LogP contribution in [0, 0.1) is 19.3 Å². The monoisotopic (exact) mass is 290 g/mol. The number of aryl methyl sites for hydroxylation is 2. The molecule has 1 aliphatic rings. The molecule has 0 aromatic carbocycles. The summed E-state index contributed by atoms with van der Waals surface area (Å²) in [7, 11) is 0. The quantitative estimate of drug-likeness (QED) is 0.922. The molecule has 0 saturated carbocycles. The van der Waals surface area contributed by atoms with E-state index in [1.54, 1.807) is 11.3 Å². The highest BCUT2D eigenvalue weighted by Crippen LogP contribution is 2.42. The second-order valence-electron chi connectivity index (χ2n) is 6.58. The van der Waals surface area contributed by atoms with E-state index in [1.165, 1.54) is 10.4 Å². The van der Waals surface area contributed by atoms with E-state index < -0.39 is 0 Å². The van der Waals surface area contributed by atoms with Crippen molar-refractivity contribution in [2.45, 2.75) is 53.1 Å². The predicted molar refractivity (Wildman–Crippen MR) is 82.0 cm³/mol. The van der Waals surface area contributed by atoms with E-state index in [0.717, 1.165) is 36.6 Å². The van der Waals surface area contributed by atoms with Gasteiger partial charge in [0.25, 0.3) is 0 Å². The van der Waals surface area contributed by atoms with Crippen LogP contribution in [0.25, 0.3) is 0 Å². The Morgan fingerprint density at radius 1 is 1.45 bits per heavy atom. The Morgan fingerprint density at radius 2 is 2.25 bits per heavy atom. The molecule has 2 aromatic rings. The van der Waals surface area contributed by atoms with Crippen molar-refractivity contribution in [1.82, 2.24) is 10.3 Å². The van der Waals surface area contributed by atoms with Crippen LogP contribution in [0.1, 0.15) is 54.0 Å². The summed E-state index contributed by atoms with van der Waals surface area (Å²) < 4.78 is 5.88. The van der Waals surface area contributed by atoms with Gasteiger partial charge in [0.15, 0.2) is 0 Å². The molecule has 1 atom stereocenters. The second kappa shape index (κ2) is 5.01. The van der Waals surface area contributed by atoms with Gasteiger partial charge in [-0.3, -0.25) is 0 Å². The average Bonchev–Trinajstić information content (AvgIpc) is 2.90. The normalized spacial score (nSPS) is 20.9. The van der Waals surface area contributed by atoms with E-state index in [-0.39, 0.29) is 5.41 Å². The molecule has 0 bridgehead atoms. The molecule has 3 rings (SSSR count). The van der Waals surface area contributed by atoms with Crippen molar-refractivity contribution in [3.8, 4) is 0 Å². The minimum absolute atomic E-state index is 0.289. The van der Waals surface area contributed by atoms with Crippen LogP contribution < -0.4 is 5.32 Å². The maximum Gasteiger partial charge on any atom is 0.109 e. The lowest BCUT2D eigenvalue weighted by molar-refractivity contribution is 0.234. The third-order valence-electron chi connectivity index (χ3n) is 4.09. The number of hydrogen-bond donors (Lipinski definition) is 1. The van der Waals surface area contributed by atoms with Gasteiger partial charge in [0.2, 0.25) is 0 Å². The van der Waals surface area contributed by atoms with Crippen molar-refractivity contribution in [2.75, 3.05) is 0 Å². The van der Waals surface area contributed by atoms with E-state index in [9.17, 15) is 0 Å². The maximum absolute atomic E-state index is 5.88. The molecule has 2 aromatic heterocycles. The highest BCUT2D eigenvalue weighted by Gasteiger charge is 2.34. The van der Waals surface area contributed by atoms with Gasteiger partial charge in [-0.2, -0.15) is 0 Å². The summed E-state index contributed by atoms with van der Waals surface area (Å²) >= 11 is 1.73. The van der Waals surface area contributed by atoms with Gasteiger partial charge in [-0.25, -0.2) is 4.98 Å². The molecule has 1 N–H and O–H groups in total. The first-order valence-electron chi connectivity index (χ1n) is 7.16. The standard InChI is InChI=1S/C16H22N2OS/c1-10-5-12-13(6-16(3,4)7-14(12)19-10)17-8-15-11(2)18-9-20-15/h5,9,13,17H,6-8H2,1-4H3. The first-order valence-corrected chi connectivity index (χ1v) is 8.04. The number of rotatable bonds is 3. The summed E-state index contributed by atoms with van der Waals surface area (Å²) in [6, 6.07) is 2.58. The summed E-state index contributed by atoms with van der Waals surface area (Å²) in [4.78, 5) is 5.65. The summed E-state index contributed by atoms with van der Waals surface area (Å²) in [6.45, 7) is 9.64. The zero-order chi connectivity index (χ0) is 14.3. The van der Waals surface area contributed by atoms with Crippen LogP contribution in [0.15, 0.2) is 16.0 Å². The molecule has 0 amide bonds. The topological polar surface area (TPSA) is 38.1 Å². The van der Waals surface area contributed by atoms with Crippen LogP contribution in [-0.2, 0) is 13.0 Å². The molecule has 1 aliphatic carbocycles. The van der Waals surface area contributed by atoms with E-state index in [1.807, 2.05) is 12.4 Å². The molecule has 3 nitrogen and oxygen atoms in total. The fourth-order valence-electron chi connectivity index (χ4n) is 3.08. The molecule has 1 unspecified atom stereocenters. The van der Waals surface area contributed by atoms with Gasteiger partial charge in [0, 0.05) is 29.4 Å². The highest BCUT2D eigenvalue weighted by molar-refractivity contribution is 7.09. The van der Waals surface area contributed by atoms with Crippen LogP contribution in [0.3, 0.4) is 0 Å². The van der Waals surface area contributed by atoms with E-state index in [4.69, 9.17) is 4.42 Å². The van der Waals surface area contributed by atoms with Gasteiger partial charge in [0.1, 0.15) is 11.5 Å². The van der Waals surface area contributed by atoms with Gasteiger partial charge in [-0.05, 0) is 31.7 Å². The molecule has 0 saturated heterocycles. The van der Waals surface area contributed by atoms with Crippen molar-refractivity contribution in [3.63, 3.8) is 0 Å². The third-order valence-corrected chi connectivity index (χ3v) is 5.03. The first kappa shape index (κ1) is 13.8. The van der Waals surface area contributed by atoms with Gasteiger partial charge >= 0.3 is 0 Å². The van der Waals surface area contributed by atoms with Crippen LogP contribution in [-0.4, -0.2) is 4.98 Å². The number of fused-ring (bicyclic) bond motifs is 1. The van der Waals surface area contributed by atoms with Gasteiger partial charge in [0.05, 0.1) is 11.2 Å². The Kier molecular flexibility index (Phi) is 3.46. The van der Waals surface area contributed by atoms with Crippen LogP contribution in [0.4, 0.5) is 0 Å². The van der Waals surface area contributed by atoms with E-state index in [0.29, 0.717) is 6.04 Å². The fourth-order valence-corrected chi connectivity index (χ4v) is 3.81. The number of nitrogens with one attached hydrogen (secondary N) is 1.